The molecule has 3 heterocycles. The third-order valence-electron chi connectivity index (χ3n) is 6.92. The number of carbonyl (C=O) groups is 1. The molecule has 3 nitrogen and oxygen atoms in total. The normalized spacial score (nSPS) is 14.8. The number of hydrogen-bond donors (Lipinski definition) is 0. The number of nitrogens with zero attached hydrogens (tertiary/aromatic N) is 2. The highest BCUT2D eigenvalue weighted by Crippen LogP contribution is 2.36. The van der Waals surface area contributed by atoms with Gasteiger partial charge in [0.05, 0.1) is 4.88 Å². The van der Waals surface area contributed by atoms with Crippen LogP contribution in [-0.4, -0.2) is 28.5 Å². The molecule has 0 spiro atoms. The summed E-state index contributed by atoms with van der Waals surface area (Å²) in [5.41, 5.74) is 3.46. The molecular weight excluding hydrogens is 443 g/mol. The number of likely N-dealkylation sites (tertiary alicyclic amines) is 1. The van der Waals surface area contributed by atoms with Crippen molar-refractivity contribution in [2.75, 3.05) is 13.1 Å². The number of piperidine rings is 1. The number of halogens is 1. The summed E-state index contributed by atoms with van der Waals surface area (Å²) in [7, 11) is 0. The van der Waals surface area contributed by atoms with Crippen molar-refractivity contribution in [1.82, 2.24) is 9.47 Å². The van der Waals surface area contributed by atoms with Crippen molar-refractivity contribution in [2.24, 2.45) is 0 Å². The fraction of sp³-hybridized carbons (Fsp3) is 0.207. The predicted octanol–water partition coefficient (Wildman–Crippen LogP) is 7.06. The van der Waals surface area contributed by atoms with E-state index in [1.165, 1.54) is 22.5 Å². The molecule has 3 aromatic carbocycles. The standard InChI is InChI=1S/C29H25FN2OS/c30-23-8-5-6-20(16-23)18-32-19-25(24-9-2-3-10-26(24)32)21-12-14-31(15-13-21)29(33)28-17-22-7-1-4-11-27(22)34-28/h1-11,16-17,19,21H,12-15,18H2. The molecule has 0 N–H and O–H groups in total. The maximum absolute atomic E-state index is 13.7. The van der Waals surface area contributed by atoms with Crippen molar-refractivity contribution < 1.29 is 9.18 Å². The fourth-order valence-corrected chi connectivity index (χ4v) is 6.23. The van der Waals surface area contributed by atoms with E-state index in [1.807, 2.05) is 29.2 Å². The zero-order valence-corrected chi connectivity index (χ0v) is 19.6. The second-order valence-corrected chi connectivity index (χ2v) is 10.2. The summed E-state index contributed by atoms with van der Waals surface area (Å²) in [6, 6.07) is 25.5. The van der Waals surface area contributed by atoms with E-state index in [0.717, 1.165) is 46.5 Å². The molecule has 0 radical (unpaired) electrons. The van der Waals surface area contributed by atoms with Crippen molar-refractivity contribution in [3.05, 3.63) is 107 Å². The van der Waals surface area contributed by atoms with E-state index in [-0.39, 0.29) is 11.7 Å². The highest BCUT2D eigenvalue weighted by atomic mass is 32.1. The van der Waals surface area contributed by atoms with Gasteiger partial charge in [-0.2, -0.15) is 0 Å². The number of benzene rings is 3. The van der Waals surface area contributed by atoms with E-state index in [4.69, 9.17) is 0 Å². The first-order chi connectivity index (χ1) is 16.7. The maximum Gasteiger partial charge on any atom is 0.263 e. The number of aromatic nitrogens is 1. The highest BCUT2D eigenvalue weighted by Gasteiger charge is 2.27. The SMILES string of the molecule is O=C(c1cc2ccccc2s1)N1CCC(c2cn(Cc3cccc(F)c3)c3ccccc23)CC1. The molecule has 5 aromatic rings. The molecule has 2 aromatic heterocycles. The minimum atomic E-state index is -0.204. The molecule has 34 heavy (non-hydrogen) atoms. The van der Waals surface area contributed by atoms with Gasteiger partial charge < -0.3 is 9.47 Å². The van der Waals surface area contributed by atoms with Gasteiger partial charge in [0.2, 0.25) is 0 Å². The first-order valence-corrected chi connectivity index (χ1v) is 12.6. The fourth-order valence-electron chi connectivity index (χ4n) is 5.20. The summed E-state index contributed by atoms with van der Waals surface area (Å²) in [5, 5.41) is 2.39. The molecule has 1 fully saturated rings. The van der Waals surface area contributed by atoms with Crippen molar-refractivity contribution in [3.63, 3.8) is 0 Å². The largest absolute Gasteiger partial charge is 0.343 e. The van der Waals surface area contributed by atoms with Gasteiger partial charge in [-0.1, -0.05) is 48.5 Å². The Balaban J connectivity index is 1.22. The molecule has 0 unspecified atom stereocenters. The summed E-state index contributed by atoms with van der Waals surface area (Å²) in [4.78, 5) is 16.0. The molecule has 0 aliphatic carbocycles. The molecule has 6 rings (SSSR count). The van der Waals surface area contributed by atoms with Gasteiger partial charge in [-0.3, -0.25) is 4.79 Å². The Bertz CT molecular complexity index is 1460. The maximum atomic E-state index is 13.7. The molecule has 1 saturated heterocycles. The summed E-state index contributed by atoms with van der Waals surface area (Å²) >= 11 is 1.58. The van der Waals surface area contributed by atoms with Crippen LogP contribution in [0.1, 0.15) is 39.6 Å². The molecule has 0 bridgehead atoms. The zero-order valence-electron chi connectivity index (χ0n) is 18.8. The summed E-state index contributed by atoms with van der Waals surface area (Å²) < 4.78 is 17.1. The van der Waals surface area contributed by atoms with Crippen molar-refractivity contribution >= 4 is 38.2 Å². The first kappa shape index (κ1) is 21.1. The van der Waals surface area contributed by atoms with E-state index in [1.54, 1.807) is 23.5 Å². The third-order valence-corrected chi connectivity index (χ3v) is 8.02. The molecular formula is C29H25FN2OS. The Hall–Kier alpha value is -3.44. The Morgan fingerprint density at radius 2 is 1.74 bits per heavy atom. The second kappa shape index (κ2) is 8.73. The van der Waals surface area contributed by atoms with Crippen LogP contribution in [0.4, 0.5) is 4.39 Å². The molecule has 0 atom stereocenters. The predicted molar refractivity (Wildman–Crippen MR) is 137 cm³/mol. The lowest BCUT2D eigenvalue weighted by Gasteiger charge is -2.31. The average molecular weight is 469 g/mol. The van der Waals surface area contributed by atoms with Crippen LogP contribution in [0.5, 0.6) is 0 Å². The van der Waals surface area contributed by atoms with E-state index >= 15 is 0 Å². The quantitative estimate of drug-likeness (QED) is 0.277. The summed E-state index contributed by atoms with van der Waals surface area (Å²) in [6.07, 6.45) is 4.14. The van der Waals surface area contributed by atoms with Crippen molar-refractivity contribution in [3.8, 4) is 0 Å². The first-order valence-electron chi connectivity index (χ1n) is 11.8. The Morgan fingerprint density at radius 3 is 2.56 bits per heavy atom. The molecule has 1 aliphatic rings. The number of carbonyl (C=O) groups excluding carboxylic acids is 1. The average Bonchev–Trinajstić information content (AvgIpc) is 3.46. The zero-order chi connectivity index (χ0) is 23.1. The lowest BCUT2D eigenvalue weighted by molar-refractivity contribution is 0.0718. The second-order valence-electron chi connectivity index (χ2n) is 9.07. The number of rotatable bonds is 4. The number of fused-ring (bicyclic) bond motifs is 2. The van der Waals surface area contributed by atoms with Crippen LogP contribution in [0.25, 0.3) is 21.0 Å². The number of amides is 1. The van der Waals surface area contributed by atoms with Crippen molar-refractivity contribution in [1.29, 1.82) is 0 Å². The van der Waals surface area contributed by atoms with Crippen LogP contribution < -0.4 is 0 Å². The Kier molecular flexibility index (Phi) is 5.42. The van der Waals surface area contributed by atoms with E-state index < -0.39 is 0 Å². The van der Waals surface area contributed by atoms with Crippen LogP contribution in [-0.2, 0) is 6.54 Å². The van der Waals surface area contributed by atoms with E-state index in [2.05, 4.69) is 47.2 Å². The molecule has 170 valence electrons. The van der Waals surface area contributed by atoms with Crippen LogP contribution in [0.3, 0.4) is 0 Å². The van der Waals surface area contributed by atoms with Crippen LogP contribution in [0, 0.1) is 5.82 Å². The third kappa shape index (κ3) is 3.90. The minimum absolute atomic E-state index is 0.146. The van der Waals surface area contributed by atoms with E-state index in [9.17, 15) is 9.18 Å². The Labute approximate surface area is 202 Å². The Morgan fingerprint density at radius 1 is 0.941 bits per heavy atom. The monoisotopic (exact) mass is 468 g/mol. The molecule has 1 amide bonds. The molecule has 5 heteroatoms. The summed E-state index contributed by atoms with van der Waals surface area (Å²) in [5.74, 6) is 0.350. The van der Waals surface area contributed by atoms with Gasteiger partial charge in [-0.05, 0) is 65.6 Å². The van der Waals surface area contributed by atoms with Gasteiger partial charge in [0.15, 0.2) is 0 Å². The van der Waals surface area contributed by atoms with Gasteiger partial charge in [0.1, 0.15) is 5.82 Å². The van der Waals surface area contributed by atoms with Crippen LogP contribution in [0.2, 0.25) is 0 Å². The number of hydrogen-bond acceptors (Lipinski definition) is 2. The van der Waals surface area contributed by atoms with Gasteiger partial charge in [-0.25, -0.2) is 4.39 Å². The summed E-state index contributed by atoms with van der Waals surface area (Å²) in [6.45, 7) is 2.17. The van der Waals surface area contributed by atoms with Crippen LogP contribution >= 0.6 is 11.3 Å². The minimum Gasteiger partial charge on any atom is -0.343 e. The number of para-hydroxylation sites is 1. The van der Waals surface area contributed by atoms with Gasteiger partial charge in [0.25, 0.3) is 5.91 Å². The smallest absolute Gasteiger partial charge is 0.263 e. The lowest BCUT2D eigenvalue weighted by atomic mass is 9.89. The lowest BCUT2D eigenvalue weighted by Crippen LogP contribution is -2.37. The van der Waals surface area contributed by atoms with Gasteiger partial charge in [0, 0.05) is 41.4 Å². The van der Waals surface area contributed by atoms with Gasteiger partial charge >= 0.3 is 0 Å². The van der Waals surface area contributed by atoms with Crippen LogP contribution in [0.15, 0.2) is 85.1 Å². The van der Waals surface area contributed by atoms with Crippen molar-refractivity contribution in [2.45, 2.75) is 25.3 Å². The topological polar surface area (TPSA) is 25.2 Å². The van der Waals surface area contributed by atoms with E-state index in [0.29, 0.717) is 12.5 Å². The molecule has 0 saturated carbocycles. The van der Waals surface area contributed by atoms with Gasteiger partial charge in [-0.15, -0.1) is 11.3 Å². The highest BCUT2D eigenvalue weighted by molar-refractivity contribution is 7.20. The molecule has 1 aliphatic heterocycles. The number of thiophene rings is 1.